The second-order valence-electron chi connectivity index (χ2n) is 6.29. The predicted octanol–water partition coefficient (Wildman–Crippen LogP) is 0.605. The van der Waals surface area contributed by atoms with Gasteiger partial charge in [0.15, 0.2) is 17.5 Å². The van der Waals surface area contributed by atoms with Gasteiger partial charge < -0.3 is 25.4 Å². The quantitative estimate of drug-likeness (QED) is 0.216. The Bertz CT molecular complexity index is 654. The van der Waals surface area contributed by atoms with Gasteiger partial charge in [0.05, 0.1) is 13.2 Å². The second kappa shape index (κ2) is 12.7. The van der Waals surface area contributed by atoms with E-state index >= 15 is 0 Å². The molecule has 8 nitrogen and oxygen atoms in total. The number of aliphatic imine (C=N–C) groups is 1. The fraction of sp³-hybridized carbons (Fsp3) is 0.556. The molecule has 28 heavy (non-hydrogen) atoms. The molecule has 2 rings (SSSR count). The minimum atomic E-state index is -0.637. The van der Waals surface area contributed by atoms with Crippen LogP contribution in [0.3, 0.4) is 0 Å². The fourth-order valence-corrected chi connectivity index (χ4v) is 2.84. The number of halogens is 2. The number of piperazine rings is 1. The molecule has 1 aromatic rings. The van der Waals surface area contributed by atoms with Crippen LogP contribution >= 0.6 is 24.0 Å². The van der Waals surface area contributed by atoms with Gasteiger partial charge in [-0.15, -0.1) is 24.0 Å². The molecule has 1 fully saturated rings. The van der Waals surface area contributed by atoms with E-state index in [1.54, 1.807) is 20.2 Å². The maximum atomic E-state index is 13.4. The van der Waals surface area contributed by atoms with Gasteiger partial charge in [-0.2, -0.15) is 0 Å². The van der Waals surface area contributed by atoms with Crippen LogP contribution in [0, 0.1) is 5.82 Å². The number of benzene rings is 1. The molecule has 3 N–H and O–H groups in total. The minimum Gasteiger partial charge on any atom is -0.505 e. The van der Waals surface area contributed by atoms with Crippen molar-refractivity contribution in [1.82, 2.24) is 20.4 Å². The van der Waals surface area contributed by atoms with Gasteiger partial charge in [-0.25, -0.2) is 4.39 Å². The first kappa shape index (κ1) is 24.4. The molecule has 0 radical (unpaired) electrons. The van der Waals surface area contributed by atoms with Crippen molar-refractivity contribution in [2.75, 3.05) is 60.0 Å². The number of nitrogens with zero attached hydrogens (tertiary/aromatic N) is 3. The molecule has 0 spiro atoms. The van der Waals surface area contributed by atoms with Crippen molar-refractivity contribution in [1.29, 1.82) is 0 Å². The number of aromatic hydroxyl groups is 1. The summed E-state index contributed by atoms with van der Waals surface area (Å²) in [5, 5.41) is 15.3. The molecule has 1 aliphatic heterocycles. The molecule has 10 heteroatoms. The average Bonchev–Trinajstić information content (AvgIpc) is 2.66. The van der Waals surface area contributed by atoms with Gasteiger partial charge >= 0.3 is 0 Å². The summed E-state index contributed by atoms with van der Waals surface area (Å²) >= 11 is 0. The lowest BCUT2D eigenvalue weighted by atomic mass is 10.2. The summed E-state index contributed by atoms with van der Waals surface area (Å²) in [5.41, 5.74) is 0.720. The van der Waals surface area contributed by atoms with E-state index in [1.807, 2.05) is 0 Å². The van der Waals surface area contributed by atoms with Crippen molar-refractivity contribution >= 4 is 35.8 Å². The number of guanidine groups is 1. The van der Waals surface area contributed by atoms with Crippen LogP contribution in [0.5, 0.6) is 5.75 Å². The standard InChI is InChI=1S/C18H28FN5O3.HI/c1-20-18(22-12-14-3-4-16(25)15(19)11-14)24-8-6-23(7-9-24)13-17(26)21-5-10-27-2;/h3-4,11,25H,5-10,12-13H2,1-2H3,(H,20,22)(H,21,26);1H. The summed E-state index contributed by atoms with van der Waals surface area (Å²) in [6.45, 7) is 4.81. The molecule has 0 saturated carbocycles. The number of carbonyl (C=O) groups excluding carboxylic acids is 1. The van der Waals surface area contributed by atoms with Crippen LogP contribution in [0.15, 0.2) is 23.2 Å². The third kappa shape index (κ3) is 7.76. The first-order valence-electron chi connectivity index (χ1n) is 8.94. The lowest BCUT2D eigenvalue weighted by Crippen LogP contribution is -2.54. The van der Waals surface area contributed by atoms with Crippen LogP contribution in [-0.2, 0) is 16.1 Å². The predicted molar refractivity (Wildman–Crippen MR) is 117 cm³/mol. The highest BCUT2D eigenvalue weighted by atomic mass is 127. The van der Waals surface area contributed by atoms with Crippen molar-refractivity contribution in [3.63, 3.8) is 0 Å². The number of phenols is 1. The lowest BCUT2D eigenvalue weighted by molar-refractivity contribution is -0.122. The SMILES string of the molecule is CN=C(NCc1ccc(O)c(F)c1)N1CCN(CC(=O)NCCOC)CC1.I. The molecule has 0 aliphatic carbocycles. The van der Waals surface area contributed by atoms with Gasteiger partial charge in [-0.05, 0) is 17.7 Å². The summed E-state index contributed by atoms with van der Waals surface area (Å²) < 4.78 is 18.3. The summed E-state index contributed by atoms with van der Waals surface area (Å²) in [7, 11) is 3.31. The van der Waals surface area contributed by atoms with Crippen molar-refractivity contribution < 1.29 is 19.0 Å². The molecule has 1 amide bonds. The largest absolute Gasteiger partial charge is 0.505 e. The van der Waals surface area contributed by atoms with E-state index in [2.05, 4.69) is 25.4 Å². The van der Waals surface area contributed by atoms with E-state index in [9.17, 15) is 14.3 Å². The number of hydrogen-bond donors (Lipinski definition) is 3. The first-order valence-corrected chi connectivity index (χ1v) is 8.94. The third-order valence-electron chi connectivity index (χ3n) is 4.34. The molecule has 0 atom stereocenters. The van der Waals surface area contributed by atoms with Crippen LogP contribution in [0.25, 0.3) is 0 Å². The summed E-state index contributed by atoms with van der Waals surface area (Å²) in [4.78, 5) is 20.3. The van der Waals surface area contributed by atoms with Crippen molar-refractivity contribution in [2.45, 2.75) is 6.54 Å². The highest BCUT2D eigenvalue weighted by Crippen LogP contribution is 2.16. The van der Waals surface area contributed by atoms with E-state index < -0.39 is 5.82 Å². The zero-order valence-corrected chi connectivity index (χ0v) is 18.6. The number of phenolic OH excluding ortho intramolecular Hbond substituents is 1. The average molecular weight is 509 g/mol. The van der Waals surface area contributed by atoms with Gasteiger partial charge in [-0.1, -0.05) is 6.07 Å². The number of amides is 1. The Morgan fingerprint density at radius 1 is 1.29 bits per heavy atom. The molecule has 1 heterocycles. The minimum absolute atomic E-state index is 0. The van der Waals surface area contributed by atoms with Crippen LogP contribution in [0.1, 0.15) is 5.56 Å². The fourth-order valence-electron chi connectivity index (χ4n) is 2.84. The van der Waals surface area contributed by atoms with E-state index in [4.69, 9.17) is 4.74 Å². The van der Waals surface area contributed by atoms with Gasteiger partial charge in [0.1, 0.15) is 0 Å². The molecule has 1 aromatic carbocycles. The Morgan fingerprint density at radius 2 is 2.00 bits per heavy atom. The van der Waals surface area contributed by atoms with Gasteiger partial charge in [-0.3, -0.25) is 14.7 Å². The Kier molecular flexibility index (Phi) is 11.1. The van der Waals surface area contributed by atoms with Gasteiger partial charge in [0.25, 0.3) is 0 Å². The molecular formula is C18H29FIN5O3. The Hall–Kier alpha value is -1.66. The number of methoxy groups -OCH3 is 1. The Balaban J connectivity index is 0.00000392. The number of hydrogen-bond acceptors (Lipinski definition) is 5. The van der Waals surface area contributed by atoms with Crippen molar-refractivity contribution in [2.24, 2.45) is 4.99 Å². The van der Waals surface area contributed by atoms with E-state index in [0.717, 1.165) is 37.7 Å². The van der Waals surface area contributed by atoms with Gasteiger partial charge in [0, 0.05) is 53.4 Å². The molecule has 1 aliphatic rings. The smallest absolute Gasteiger partial charge is 0.234 e. The summed E-state index contributed by atoms with van der Waals surface area (Å²) in [6, 6.07) is 4.31. The van der Waals surface area contributed by atoms with Crippen LogP contribution < -0.4 is 10.6 Å². The Morgan fingerprint density at radius 3 is 2.61 bits per heavy atom. The normalized spacial score (nSPS) is 15.1. The summed E-state index contributed by atoms with van der Waals surface area (Å²) in [6.07, 6.45) is 0. The third-order valence-corrected chi connectivity index (χ3v) is 4.34. The van der Waals surface area contributed by atoms with Crippen LogP contribution in [0.2, 0.25) is 0 Å². The molecule has 0 aromatic heterocycles. The summed E-state index contributed by atoms with van der Waals surface area (Å²) in [5.74, 6) is -0.266. The highest BCUT2D eigenvalue weighted by Gasteiger charge is 2.21. The molecule has 0 bridgehead atoms. The second-order valence-corrected chi connectivity index (χ2v) is 6.29. The first-order chi connectivity index (χ1) is 13.0. The van der Waals surface area contributed by atoms with Crippen molar-refractivity contribution in [3.8, 4) is 5.75 Å². The van der Waals surface area contributed by atoms with Crippen molar-refractivity contribution in [3.05, 3.63) is 29.6 Å². The van der Waals surface area contributed by atoms with Crippen LogP contribution in [-0.4, -0.2) is 86.8 Å². The monoisotopic (exact) mass is 509 g/mol. The van der Waals surface area contributed by atoms with Crippen LogP contribution in [0.4, 0.5) is 4.39 Å². The molecule has 0 unspecified atom stereocenters. The zero-order valence-electron chi connectivity index (χ0n) is 16.3. The lowest BCUT2D eigenvalue weighted by Gasteiger charge is -2.36. The maximum absolute atomic E-state index is 13.4. The van der Waals surface area contributed by atoms with E-state index in [0.29, 0.717) is 26.2 Å². The number of nitrogens with one attached hydrogen (secondary N) is 2. The number of rotatable bonds is 7. The zero-order chi connectivity index (χ0) is 19.6. The van der Waals surface area contributed by atoms with E-state index in [-0.39, 0.29) is 35.6 Å². The molecule has 158 valence electrons. The topological polar surface area (TPSA) is 89.4 Å². The highest BCUT2D eigenvalue weighted by molar-refractivity contribution is 14.0. The van der Waals surface area contributed by atoms with E-state index in [1.165, 1.54) is 12.1 Å². The number of carbonyl (C=O) groups is 1. The Labute approximate surface area is 182 Å². The molecule has 1 saturated heterocycles. The number of ether oxygens (including phenoxy) is 1. The molecular weight excluding hydrogens is 480 g/mol. The van der Waals surface area contributed by atoms with Gasteiger partial charge in [0.2, 0.25) is 5.91 Å². The maximum Gasteiger partial charge on any atom is 0.234 e.